The molecule has 0 bridgehead atoms. The second kappa shape index (κ2) is 7.71. The number of anilines is 3. The molecule has 6 heteroatoms. The van der Waals surface area contributed by atoms with E-state index in [9.17, 15) is 4.79 Å². The number of carbonyl (C=O) groups excluding carboxylic acids is 1. The van der Waals surface area contributed by atoms with E-state index in [4.69, 9.17) is 4.74 Å². The van der Waals surface area contributed by atoms with Gasteiger partial charge < -0.3 is 20.7 Å². The molecule has 0 aliphatic carbocycles. The lowest BCUT2D eigenvalue weighted by Crippen LogP contribution is -2.43. The summed E-state index contributed by atoms with van der Waals surface area (Å²) in [6.45, 7) is 2.07. The third-order valence-corrected chi connectivity index (χ3v) is 3.52. The molecule has 1 atom stereocenters. The largest absolute Gasteiger partial charge is 0.378 e. The molecule has 1 aliphatic heterocycles. The van der Waals surface area contributed by atoms with Gasteiger partial charge in [0.25, 0.3) is 0 Å². The zero-order chi connectivity index (χ0) is 15.9. The van der Waals surface area contributed by atoms with Crippen LogP contribution in [0.3, 0.4) is 0 Å². The number of carbonyl (C=O) groups is 1. The number of ether oxygens (including phenoxy) is 1. The first kappa shape index (κ1) is 15.5. The number of pyridine rings is 1. The average Bonchev–Trinajstić information content (AvgIpc) is 2.58. The molecule has 23 heavy (non-hydrogen) atoms. The molecule has 0 radical (unpaired) electrons. The van der Waals surface area contributed by atoms with Crippen LogP contribution in [0.15, 0.2) is 48.7 Å². The van der Waals surface area contributed by atoms with Crippen molar-refractivity contribution in [1.29, 1.82) is 0 Å². The fourth-order valence-electron chi connectivity index (χ4n) is 2.40. The maximum Gasteiger partial charge on any atom is 0.226 e. The number of amides is 1. The maximum absolute atomic E-state index is 12.0. The highest BCUT2D eigenvalue weighted by molar-refractivity contribution is 5.91. The Morgan fingerprint density at radius 3 is 2.78 bits per heavy atom. The molecule has 0 spiro atoms. The van der Waals surface area contributed by atoms with Crippen molar-refractivity contribution in [2.24, 2.45) is 0 Å². The van der Waals surface area contributed by atoms with Crippen molar-refractivity contribution in [2.75, 3.05) is 30.4 Å². The minimum atomic E-state index is -0.0430. The molecular formula is C17H20N4O2. The Bertz CT molecular complexity index is 625. The number of para-hydroxylation sites is 1. The lowest BCUT2D eigenvalue weighted by molar-refractivity contribution is -0.117. The Hall–Kier alpha value is -2.44. The van der Waals surface area contributed by atoms with Crippen LogP contribution in [-0.2, 0) is 9.53 Å². The van der Waals surface area contributed by atoms with E-state index in [2.05, 4.69) is 20.9 Å². The van der Waals surface area contributed by atoms with Crippen molar-refractivity contribution >= 4 is 23.1 Å². The van der Waals surface area contributed by atoms with E-state index in [0.717, 1.165) is 18.1 Å². The van der Waals surface area contributed by atoms with Crippen LogP contribution in [-0.4, -0.2) is 36.7 Å². The number of aromatic nitrogens is 1. The van der Waals surface area contributed by atoms with E-state index in [1.165, 1.54) is 0 Å². The van der Waals surface area contributed by atoms with E-state index >= 15 is 0 Å². The predicted molar refractivity (Wildman–Crippen MR) is 89.8 cm³/mol. The third kappa shape index (κ3) is 4.77. The lowest BCUT2D eigenvalue weighted by Gasteiger charge is -2.23. The Morgan fingerprint density at radius 2 is 2.09 bits per heavy atom. The summed E-state index contributed by atoms with van der Waals surface area (Å²) in [7, 11) is 0. The number of nitrogens with one attached hydrogen (secondary N) is 3. The monoisotopic (exact) mass is 312 g/mol. The first-order chi connectivity index (χ1) is 11.3. The molecule has 0 saturated carbocycles. The van der Waals surface area contributed by atoms with E-state index < -0.39 is 0 Å². The van der Waals surface area contributed by atoms with Gasteiger partial charge in [0.2, 0.25) is 5.91 Å². The fraction of sp³-hybridized carbons (Fsp3) is 0.294. The summed E-state index contributed by atoms with van der Waals surface area (Å²) >= 11 is 0. The summed E-state index contributed by atoms with van der Waals surface area (Å²) in [4.78, 5) is 16.3. The quantitative estimate of drug-likeness (QED) is 0.789. The summed E-state index contributed by atoms with van der Waals surface area (Å²) in [5.41, 5.74) is 1.66. The molecule has 2 heterocycles. The molecule has 1 saturated heterocycles. The summed E-state index contributed by atoms with van der Waals surface area (Å²) < 4.78 is 5.34. The minimum Gasteiger partial charge on any atom is -0.378 e. The standard InChI is InChI=1S/C17H20N4O2/c22-17(10-15-12-23-9-8-18-15)21-14-6-7-16(19-11-14)20-13-4-2-1-3-5-13/h1-7,11,15,18H,8-10,12H2,(H,19,20)(H,21,22). The van der Waals surface area contributed by atoms with Gasteiger partial charge in [-0.25, -0.2) is 4.98 Å². The molecular weight excluding hydrogens is 292 g/mol. The van der Waals surface area contributed by atoms with Crippen molar-refractivity contribution in [1.82, 2.24) is 10.3 Å². The van der Waals surface area contributed by atoms with Crippen molar-refractivity contribution in [3.05, 3.63) is 48.7 Å². The molecule has 1 aromatic heterocycles. The zero-order valence-corrected chi connectivity index (χ0v) is 12.8. The van der Waals surface area contributed by atoms with Crippen molar-refractivity contribution in [3.63, 3.8) is 0 Å². The van der Waals surface area contributed by atoms with Gasteiger partial charge in [-0.05, 0) is 24.3 Å². The van der Waals surface area contributed by atoms with Gasteiger partial charge in [0.1, 0.15) is 5.82 Å². The van der Waals surface area contributed by atoms with Crippen molar-refractivity contribution in [3.8, 4) is 0 Å². The van der Waals surface area contributed by atoms with Crippen LogP contribution in [0.25, 0.3) is 0 Å². The summed E-state index contributed by atoms with van der Waals surface area (Å²) in [6, 6.07) is 13.6. The Balaban J connectivity index is 1.51. The number of morpholine rings is 1. The molecule has 1 aromatic carbocycles. The van der Waals surface area contributed by atoms with Gasteiger partial charge in [0, 0.05) is 24.7 Å². The van der Waals surface area contributed by atoms with Crippen LogP contribution in [0.4, 0.5) is 17.2 Å². The highest BCUT2D eigenvalue weighted by Gasteiger charge is 2.16. The highest BCUT2D eigenvalue weighted by atomic mass is 16.5. The molecule has 2 aromatic rings. The van der Waals surface area contributed by atoms with E-state index in [-0.39, 0.29) is 11.9 Å². The fourth-order valence-corrected chi connectivity index (χ4v) is 2.40. The average molecular weight is 312 g/mol. The predicted octanol–water partition coefficient (Wildman–Crippen LogP) is 2.14. The first-order valence-electron chi connectivity index (χ1n) is 7.69. The van der Waals surface area contributed by atoms with Gasteiger partial charge in [0.05, 0.1) is 25.1 Å². The van der Waals surface area contributed by atoms with Gasteiger partial charge >= 0.3 is 0 Å². The molecule has 1 fully saturated rings. The summed E-state index contributed by atoms with van der Waals surface area (Å²) in [5, 5.41) is 9.32. The topological polar surface area (TPSA) is 75.3 Å². The number of nitrogens with zero attached hydrogens (tertiary/aromatic N) is 1. The molecule has 1 amide bonds. The van der Waals surface area contributed by atoms with E-state index in [1.54, 1.807) is 6.20 Å². The van der Waals surface area contributed by atoms with Crippen LogP contribution in [0, 0.1) is 0 Å². The van der Waals surface area contributed by atoms with Crippen LogP contribution in [0.1, 0.15) is 6.42 Å². The molecule has 120 valence electrons. The Kier molecular flexibility index (Phi) is 5.18. The number of hydrogen-bond donors (Lipinski definition) is 3. The van der Waals surface area contributed by atoms with Crippen molar-refractivity contribution in [2.45, 2.75) is 12.5 Å². The van der Waals surface area contributed by atoms with Gasteiger partial charge in [0.15, 0.2) is 0 Å². The third-order valence-electron chi connectivity index (χ3n) is 3.52. The minimum absolute atomic E-state index is 0.0430. The summed E-state index contributed by atoms with van der Waals surface area (Å²) in [5.74, 6) is 0.690. The first-order valence-corrected chi connectivity index (χ1v) is 7.69. The number of benzene rings is 1. The Morgan fingerprint density at radius 1 is 1.22 bits per heavy atom. The zero-order valence-electron chi connectivity index (χ0n) is 12.8. The van der Waals surface area contributed by atoms with E-state index in [0.29, 0.717) is 25.3 Å². The van der Waals surface area contributed by atoms with Crippen molar-refractivity contribution < 1.29 is 9.53 Å². The highest BCUT2D eigenvalue weighted by Crippen LogP contribution is 2.16. The molecule has 1 unspecified atom stereocenters. The molecule has 3 rings (SSSR count). The Labute approximate surface area is 135 Å². The van der Waals surface area contributed by atoms with Gasteiger partial charge in [-0.3, -0.25) is 4.79 Å². The normalized spacial score (nSPS) is 17.5. The van der Waals surface area contributed by atoms with Crippen LogP contribution >= 0.6 is 0 Å². The van der Waals surface area contributed by atoms with Gasteiger partial charge in [-0.2, -0.15) is 0 Å². The van der Waals surface area contributed by atoms with E-state index in [1.807, 2.05) is 42.5 Å². The van der Waals surface area contributed by atoms with Crippen LogP contribution < -0.4 is 16.0 Å². The smallest absolute Gasteiger partial charge is 0.226 e. The van der Waals surface area contributed by atoms with Gasteiger partial charge in [-0.1, -0.05) is 18.2 Å². The van der Waals surface area contributed by atoms with Crippen LogP contribution in [0.5, 0.6) is 0 Å². The van der Waals surface area contributed by atoms with Crippen LogP contribution in [0.2, 0.25) is 0 Å². The maximum atomic E-state index is 12.0. The summed E-state index contributed by atoms with van der Waals surface area (Å²) in [6.07, 6.45) is 2.04. The lowest BCUT2D eigenvalue weighted by atomic mass is 10.2. The second-order valence-electron chi connectivity index (χ2n) is 5.40. The second-order valence-corrected chi connectivity index (χ2v) is 5.40. The molecule has 6 nitrogen and oxygen atoms in total. The van der Waals surface area contributed by atoms with Gasteiger partial charge in [-0.15, -0.1) is 0 Å². The number of hydrogen-bond acceptors (Lipinski definition) is 5. The molecule has 1 aliphatic rings. The molecule has 3 N–H and O–H groups in total. The number of rotatable bonds is 5. The SMILES string of the molecule is O=C(CC1COCCN1)Nc1ccc(Nc2ccccc2)nc1.